The molecule has 0 radical (unpaired) electrons. The highest BCUT2D eigenvalue weighted by Crippen LogP contribution is 2.27. The Morgan fingerprint density at radius 1 is 1.17 bits per heavy atom. The third-order valence-corrected chi connectivity index (χ3v) is 4.81. The first-order valence-corrected chi connectivity index (χ1v) is 9.30. The van der Waals surface area contributed by atoms with Crippen molar-refractivity contribution >= 4 is 43.2 Å². The topological polar surface area (TPSA) is 66.5 Å². The van der Waals surface area contributed by atoms with Crippen LogP contribution in [0.3, 0.4) is 0 Å². The lowest BCUT2D eigenvalue weighted by Crippen LogP contribution is -2.37. The van der Waals surface area contributed by atoms with Crippen molar-refractivity contribution in [2.75, 3.05) is 22.4 Å². The Morgan fingerprint density at radius 2 is 1.83 bits per heavy atom. The van der Waals surface area contributed by atoms with Crippen LogP contribution < -0.4 is 9.62 Å². The maximum Gasteiger partial charge on any atom is 0.245 e. The molecular weight excluding hydrogens is 406 g/mol. The van der Waals surface area contributed by atoms with E-state index in [1.807, 2.05) is 0 Å². The van der Waals surface area contributed by atoms with Crippen LogP contribution in [0.25, 0.3) is 0 Å². The van der Waals surface area contributed by atoms with Gasteiger partial charge in [0, 0.05) is 16.2 Å². The van der Waals surface area contributed by atoms with Gasteiger partial charge < -0.3 is 5.32 Å². The molecule has 0 saturated carbocycles. The first-order valence-electron chi connectivity index (χ1n) is 6.65. The number of nitrogens with zero attached hydrogens (tertiary/aromatic N) is 1. The molecule has 0 fully saturated rings. The Balaban J connectivity index is 2.22. The van der Waals surface area contributed by atoms with E-state index in [-0.39, 0.29) is 5.69 Å². The fourth-order valence-corrected chi connectivity index (χ4v) is 3.42. The number of amides is 1. The first kappa shape index (κ1) is 18.3. The van der Waals surface area contributed by atoms with Crippen molar-refractivity contribution < 1.29 is 22.0 Å². The van der Waals surface area contributed by atoms with E-state index in [4.69, 9.17) is 0 Å². The normalized spacial score (nSPS) is 11.2. The molecular formula is C15H13BrF2N2O3S. The summed E-state index contributed by atoms with van der Waals surface area (Å²) in [7, 11) is -3.73. The van der Waals surface area contributed by atoms with Crippen LogP contribution in [0.1, 0.15) is 0 Å². The average Bonchev–Trinajstić information content (AvgIpc) is 2.48. The second-order valence-electron chi connectivity index (χ2n) is 4.90. The summed E-state index contributed by atoms with van der Waals surface area (Å²) in [6.07, 6.45) is 0.970. The predicted octanol–water partition coefficient (Wildman–Crippen LogP) is 3.13. The van der Waals surface area contributed by atoms with Crippen LogP contribution in [-0.4, -0.2) is 27.1 Å². The number of rotatable bonds is 5. The highest BCUT2D eigenvalue weighted by molar-refractivity contribution is 9.10. The zero-order valence-corrected chi connectivity index (χ0v) is 14.9. The van der Waals surface area contributed by atoms with Crippen molar-refractivity contribution in [3.05, 3.63) is 58.6 Å². The highest BCUT2D eigenvalue weighted by atomic mass is 79.9. The molecule has 0 aromatic heterocycles. The largest absolute Gasteiger partial charge is 0.324 e. The SMILES string of the molecule is CS(=O)(=O)N(CC(=O)Nc1ccc(F)c(F)c1)c1ccccc1Br. The number of nitrogens with one attached hydrogen (secondary N) is 1. The molecule has 0 aliphatic rings. The smallest absolute Gasteiger partial charge is 0.245 e. The van der Waals surface area contributed by atoms with Gasteiger partial charge in [-0.3, -0.25) is 9.10 Å². The molecule has 0 heterocycles. The van der Waals surface area contributed by atoms with Gasteiger partial charge >= 0.3 is 0 Å². The summed E-state index contributed by atoms with van der Waals surface area (Å²) in [5, 5.41) is 2.33. The molecule has 1 amide bonds. The molecule has 2 rings (SSSR count). The fraction of sp³-hybridized carbons (Fsp3) is 0.133. The number of anilines is 2. The Morgan fingerprint density at radius 3 is 2.42 bits per heavy atom. The van der Waals surface area contributed by atoms with Crippen molar-refractivity contribution in [2.24, 2.45) is 0 Å². The molecule has 128 valence electrons. The number of benzene rings is 2. The van der Waals surface area contributed by atoms with Crippen LogP contribution in [-0.2, 0) is 14.8 Å². The standard InChI is InChI=1S/C15H13BrF2N2O3S/c1-24(22,23)20(14-5-3-2-4-11(14)16)9-15(21)19-10-6-7-12(17)13(18)8-10/h2-8H,9H2,1H3,(H,19,21). The molecule has 0 spiro atoms. The molecule has 0 aliphatic carbocycles. The third kappa shape index (κ3) is 4.51. The van der Waals surface area contributed by atoms with E-state index in [0.717, 1.165) is 22.7 Å². The summed E-state index contributed by atoms with van der Waals surface area (Å²) in [5.74, 6) is -2.85. The van der Waals surface area contributed by atoms with Gasteiger partial charge in [0.05, 0.1) is 11.9 Å². The van der Waals surface area contributed by atoms with Crippen LogP contribution in [0, 0.1) is 11.6 Å². The van der Waals surface area contributed by atoms with Gasteiger partial charge in [0.2, 0.25) is 15.9 Å². The van der Waals surface area contributed by atoms with Crippen LogP contribution in [0.4, 0.5) is 20.2 Å². The number of carbonyl (C=O) groups excluding carboxylic acids is 1. The van der Waals surface area contributed by atoms with E-state index in [9.17, 15) is 22.0 Å². The Labute approximate surface area is 146 Å². The summed E-state index contributed by atoms with van der Waals surface area (Å²) in [4.78, 5) is 12.1. The lowest BCUT2D eigenvalue weighted by Gasteiger charge is -2.23. The molecule has 0 bridgehead atoms. The van der Waals surface area contributed by atoms with Crippen molar-refractivity contribution in [1.82, 2.24) is 0 Å². The number of sulfonamides is 1. The molecule has 2 aromatic rings. The number of carbonyl (C=O) groups is 1. The third-order valence-electron chi connectivity index (χ3n) is 3.01. The lowest BCUT2D eigenvalue weighted by molar-refractivity contribution is -0.114. The van der Waals surface area contributed by atoms with Crippen molar-refractivity contribution in [2.45, 2.75) is 0 Å². The van der Waals surface area contributed by atoms with Gasteiger partial charge in [-0.2, -0.15) is 0 Å². The Bertz CT molecular complexity index is 875. The monoisotopic (exact) mass is 418 g/mol. The maximum atomic E-state index is 13.2. The van der Waals surface area contributed by atoms with Gasteiger partial charge in [-0.1, -0.05) is 12.1 Å². The summed E-state index contributed by atoms with van der Waals surface area (Å²) in [5.41, 5.74) is 0.319. The molecule has 0 saturated heterocycles. The molecule has 24 heavy (non-hydrogen) atoms. The maximum absolute atomic E-state index is 13.2. The van der Waals surface area contributed by atoms with Crippen molar-refractivity contribution in [1.29, 1.82) is 0 Å². The van der Waals surface area contributed by atoms with Gasteiger partial charge in [-0.25, -0.2) is 17.2 Å². The summed E-state index contributed by atoms with van der Waals surface area (Å²) in [6.45, 7) is -0.513. The quantitative estimate of drug-likeness (QED) is 0.810. The average molecular weight is 419 g/mol. The van der Waals surface area contributed by atoms with E-state index < -0.39 is 34.1 Å². The molecule has 9 heteroatoms. The van der Waals surface area contributed by atoms with Gasteiger partial charge in [0.25, 0.3) is 0 Å². The highest BCUT2D eigenvalue weighted by Gasteiger charge is 2.22. The minimum atomic E-state index is -3.73. The van der Waals surface area contributed by atoms with E-state index in [1.165, 1.54) is 12.1 Å². The number of halogens is 3. The fourth-order valence-electron chi connectivity index (χ4n) is 1.94. The summed E-state index contributed by atoms with van der Waals surface area (Å²) in [6, 6.07) is 9.38. The predicted molar refractivity (Wildman–Crippen MR) is 91.3 cm³/mol. The van der Waals surface area contributed by atoms with Crippen molar-refractivity contribution in [3.63, 3.8) is 0 Å². The second-order valence-corrected chi connectivity index (χ2v) is 7.66. The number of hydrogen-bond acceptors (Lipinski definition) is 3. The Kier molecular flexibility index (Phi) is 5.55. The molecule has 0 unspecified atom stereocenters. The van der Waals surface area contributed by atoms with Gasteiger partial charge in [-0.05, 0) is 40.2 Å². The summed E-state index contributed by atoms with van der Waals surface area (Å²) < 4.78 is 51.4. The number of para-hydroxylation sites is 1. The van der Waals surface area contributed by atoms with Crippen molar-refractivity contribution in [3.8, 4) is 0 Å². The Hall–Kier alpha value is -2.00. The minimum absolute atomic E-state index is 0.0273. The molecule has 2 aromatic carbocycles. The molecule has 5 nitrogen and oxygen atoms in total. The van der Waals surface area contributed by atoms with Gasteiger partial charge in [0.15, 0.2) is 11.6 Å². The first-order chi connectivity index (χ1) is 11.2. The minimum Gasteiger partial charge on any atom is -0.324 e. The van der Waals surface area contributed by atoms with Gasteiger partial charge in [0.1, 0.15) is 6.54 Å². The zero-order valence-electron chi connectivity index (χ0n) is 12.5. The molecule has 1 N–H and O–H groups in total. The number of hydrogen-bond donors (Lipinski definition) is 1. The zero-order chi connectivity index (χ0) is 17.9. The van der Waals surface area contributed by atoms with E-state index >= 15 is 0 Å². The van der Waals surface area contributed by atoms with Crippen LogP contribution in [0.5, 0.6) is 0 Å². The van der Waals surface area contributed by atoms with E-state index in [2.05, 4.69) is 21.2 Å². The van der Waals surface area contributed by atoms with Crippen LogP contribution in [0.15, 0.2) is 46.9 Å². The lowest BCUT2D eigenvalue weighted by atomic mass is 10.3. The van der Waals surface area contributed by atoms with E-state index in [1.54, 1.807) is 18.2 Å². The van der Waals surface area contributed by atoms with Crippen LogP contribution in [0.2, 0.25) is 0 Å². The molecule has 0 atom stereocenters. The van der Waals surface area contributed by atoms with Crippen LogP contribution >= 0.6 is 15.9 Å². The second kappa shape index (κ2) is 7.27. The van der Waals surface area contributed by atoms with E-state index in [0.29, 0.717) is 10.2 Å². The van der Waals surface area contributed by atoms with Gasteiger partial charge in [-0.15, -0.1) is 0 Å². The molecule has 0 aliphatic heterocycles. The summed E-state index contributed by atoms with van der Waals surface area (Å²) >= 11 is 3.23.